The molecule has 1 saturated carbocycles. The van der Waals surface area contributed by atoms with Crippen molar-refractivity contribution >= 4 is 38.9 Å². The lowest BCUT2D eigenvalue weighted by molar-refractivity contribution is 0.286. The molecule has 66 valence electrons. The minimum absolute atomic E-state index is 0.428. The number of halogens is 2. The normalized spacial score (nSPS) is 20.5. The second-order valence-corrected chi connectivity index (χ2v) is 5.65. The quantitative estimate of drug-likeness (QED) is 0.703. The highest BCUT2D eigenvalue weighted by atomic mass is 79.9. The Bertz CT molecular complexity index is 272. The van der Waals surface area contributed by atoms with Crippen LogP contribution in [0.4, 0.5) is 0 Å². The minimum Gasteiger partial charge on any atom is -0.128 e. The van der Waals surface area contributed by atoms with Crippen molar-refractivity contribution < 1.29 is 0 Å². The lowest BCUT2D eigenvalue weighted by Gasteiger charge is -2.39. The van der Waals surface area contributed by atoms with Gasteiger partial charge in [0.2, 0.25) is 0 Å². The summed E-state index contributed by atoms with van der Waals surface area (Å²) in [5, 5.41) is 1.08. The van der Waals surface area contributed by atoms with Gasteiger partial charge in [0.15, 0.2) is 0 Å². The van der Waals surface area contributed by atoms with Gasteiger partial charge in [-0.15, -0.1) is 11.3 Å². The van der Waals surface area contributed by atoms with Crippen LogP contribution in [-0.4, -0.2) is 5.33 Å². The molecule has 0 saturated heterocycles. The molecule has 0 amide bonds. The Morgan fingerprint density at radius 2 is 2.25 bits per heavy atom. The first-order chi connectivity index (χ1) is 5.77. The third-order valence-corrected chi connectivity index (χ3v) is 5.21. The van der Waals surface area contributed by atoms with Crippen molar-refractivity contribution in [2.75, 3.05) is 5.33 Å². The second-order valence-electron chi connectivity index (χ2n) is 3.37. The van der Waals surface area contributed by atoms with Crippen LogP contribution < -0.4 is 0 Å². The predicted molar refractivity (Wildman–Crippen MR) is 58.7 cm³/mol. The van der Waals surface area contributed by atoms with E-state index in [0.29, 0.717) is 5.41 Å². The van der Waals surface area contributed by atoms with Crippen molar-refractivity contribution in [1.29, 1.82) is 0 Å². The summed E-state index contributed by atoms with van der Waals surface area (Å²) >= 11 is 11.2. The van der Waals surface area contributed by atoms with Gasteiger partial charge in [0.25, 0.3) is 0 Å². The number of thiophene rings is 1. The first-order valence-corrected chi connectivity index (χ1v) is 6.40. The van der Waals surface area contributed by atoms with Crippen molar-refractivity contribution in [3.8, 4) is 0 Å². The molecule has 1 heterocycles. The summed E-state index contributed by atoms with van der Waals surface area (Å²) in [5.74, 6) is 0. The number of hydrogen-bond acceptors (Lipinski definition) is 1. The van der Waals surface area contributed by atoms with Gasteiger partial charge in [-0.25, -0.2) is 0 Å². The van der Waals surface area contributed by atoms with Crippen LogP contribution in [0.15, 0.2) is 12.1 Å². The van der Waals surface area contributed by atoms with E-state index in [1.54, 1.807) is 11.3 Å². The van der Waals surface area contributed by atoms with Crippen molar-refractivity contribution in [1.82, 2.24) is 0 Å². The predicted octanol–water partition coefficient (Wildman–Crippen LogP) is 4.22. The zero-order valence-electron chi connectivity index (χ0n) is 6.65. The van der Waals surface area contributed by atoms with Crippen LogP contribution in [0.2, 0.25) is 4.34 Å². The molecule has 1 aliphatic carbocycles. The van der Waals surface area contributed by atoms with Gasteiger partial charge < -0.3 is 0 Å². The molecular formula is C9H10BrClS. The molecule has 0 bridgehead atoms. The molecule has 1 aliphatic rings. The van der Waals surface area contributed by atoms with Crippen molar-refractivity contribution in [2.45, 2.75) is 24.7 Å². The highest BCUT2D eigenvalue weighted by Gasteiger charge is 2.38. The van der Waals surface area contributed by atoms with Crippen LogP contribution in [-0.2, 0) is 5.41 Å². The lowest BCUT2D eigenvalue weighted by atomic mass is 9.69. The monoisotopic (exact) mass is 264 g/mol. The molecule has 0 nitrogen and oxygen atoms in total. The second kappa shape index (κ2) is 3.32. The van der Waals surface area contributed by atoms with Gasteiger partial charge in [0, 0.05) is 15.6 Å². The van der Waals surface area contributed by atoms with Gasteiger partial charge in [-0.1, -0.05) is 34.0 Å². The summed E-state index contributed by atoms with van der Waals surface area (Å²) in [6.45, 7) is 0. The smallest absolute Gasteiger partial charge is 0.0931 e. The SMILES string of the molecule is Clc1ccc(C2(CBr)CCC2)s1. The molecule has 0 atom stereocenters. The molecule has 3 heteroatoms. The van der Waals surface area contributed by atoms with Crippen LogP contribution in [0.25, 0.3) is 0 Å². The molecule has 0 radical (unpaired) electrons. The standard InChI is InChI=1S/C9H10BrClS/c10-6-9(4-1-5-9)7-2-3-8(11)12-7/h2-3H,1,4-6H2. The number of rotatable bonds is 2. The van der Waals surface area contributed by atoms with Crippen molar-refractivity contribution in [2.24, 2.45) is 0 Å². The van der Waals surface area contributed by atoms with E-state index in [4.69, 9.17) is 11.6 Å². The van der Waals surface area contributed by atoms with E-state index < -0.39 is 0 Å². The van der Waals surface area contributed by atoms with E-state index in [-0.39, 0.29) is 0 Å². The largest absolute Gasteiger partial charge is 0.128 e. The molecule has 0 unspecified atom stereocenters. The average Bonchev–Trinajstić information content (AvgIpc) is 2.35. The Balaban J connectivity index is 2.27. The highest BCUT2D eigenvalue weighted by molar-refractivity contribution is 9.09. The Labute approximate surface area is 90.1 Å². The van der Waals surface area contributed by atoms with E-state index in [0.717, 1.165) is 9.67 Å². The Kier molecular flexibility index (Phi) is 2.50. The highest BCUT2D eigenvalue weighted by Crippen LogP contribution is 2.47. The fourth-order valence-electron chi connectivity index (χ4n) is 1.65. The van der Waals surface area contributed by atoms with Crippen LogP contribution in [0.5, 0.6) is 0 Å². The molecular weight excluding hydrogens is 256 g/mol. The summed E-state index contributed by atoms with van der Waals surface area (Å²) < 4.78 is 0.914. The van der Waals surface area contributed by atoms with Gasteiger partial charge in [-0.3, -0.25) is 0 Å². The van der Waals surface area contributed by atoms with E-state index in [1.165, 1.54) is 24.1 Å². The molecule has 12 heavy (non-hydrogen) atoms. The minimum atomic E-state index is 0.428. The summed E-state index contributed by atoms with van der Waals surface area (Å²) in [5.41, 5.74) is 0.428. The van der Waals surface area contributed by atoms with Gasteiger partial charge in [-0.2, -0.15) is 0 Å². The van der Waals surface area contributed by atoms with Crippen LogP contribution in [0.1, 0.15) is 24.1 Å². The van der Waals surface area contributed by atoms with E-state index in [2.05, 4.69) is 22.0 Å². The van der Waals surface area contributed by atoms with Gasteiger partial charge in [-0.05, 0) is 25.0 Å². The molecule has 1 aromatic rings. The Morgan fingerprint density at radius 3 is 2.58 bits per heavy atom. The maximum absolute atomic E-state index is 5.91. The van der Waals surface area contributed by atoms with E-state index in [1.807, 2.05) is 6.07 Å². The third-order valence-electron chi connectivity index (χ3n) is 2.66. The first kappa shape index (κ1) is 9.04. The first-order valence-electron chi connectivity index (χ1n) is 4.09. The topological polar surface area (TPSA) is 0 Å². The zero-order valence-corrected chi connectivity index (χ0v) is 9.81. The van der Waals surface area contributed by atoms with E-state index >= 15 is 0 Å². The van der Waals surface area contributed by atoms with Gasteiger partial charge in [0.1, 0.15) is 0 Å². The maximum atomic E-state index is 5.91. The average molecular weight is 266 g/mol. The number of hydrogen-bond donors (Lipinski definition) is 0. The maximum Gasteiger partial charge on any atom is 0.0931 e. The fraction of sp³-hybridized carbons (Fsp3) is 0.556. The summed E-state index contributed by atoms with van der Waals surface area (Å²) in [4.78, 5) is 1.45. The summed E-state index contributed by atoms with van der Waals surface area (Å²) in [6, 6.07) is 4.18. The summed E-state index contributed by atoms with van der Waals surface area (Å²) in [7, 11) is 0. The summed E-state index contributed by atoms with van der Waals surface area (Å²) in [6.07, 6.45) is 3.99. The molecule has 0 aromatic carbocycles. The zero-order chi connectivity index (χ0) is 8.60. The van der Waals surface area contributed by atoms with Gasteiger partial charge >= 0.3 is 0 Å². The number of alkyl halides is 1. The van der Waals surface area contributed by atoms with Crippen LogP contribution in [0, 0.1) is 0 Å². The van der Waals surface area contributed by atoms with Crippen LogP contribution in [0.3, 0.4) is 0 Å². The van der Waals surface area contributed by atoms with Crippen molar-refractivity contribution in [3.05, 3.63) is 21.3 Å². The van der Waals surface area contributed by atoms with Crippen LogP contribution >= 0.6 is 38.9 Å². The molecule has 1 fully saturated rings. The third kappa shape index (κ3) is 1.34. The van der Waals surface area contributed by atoms with Crippen molar-refractivity contribution in [3.63, 3.8) is 0 Å². The Morgan fingerprint density at radius 1 is 1.50 bits per heavy atom. The molecule has 0 spiro atoms. The molecule has 0 aliphatic heterocycles. The molecule has 0 N–H and O–H groups in total. The molecule has 2 rings (SSSR count). The van der Waals surface area contributed by atoms with E-state index in [9.17, 15) is 0 Å². The lowest BCUT2D eigenvalue weighted by Crippen LogP contribution is -2.34. The molecule has 1 aromatic heterocycles. The Hall–Kier alpha value is 0.470. The van der Waals surface area contributed by atoms with Gasteiger partial charge in [0.05, 0.1) is 4.34 Å². The fourth-order valence-corrected chi connectivity index (χ4v) is 3.98.